The van der Waals surface area contributed by atoms with Gasteiger partial charge in [-0.3, -0.25) is 5.32 Å². The van der Waals surface area contributed by atoms with Gasteiger partial charge in [0, 0.05) is 6.54 Å². The van der Waals surface area contributed by atoms with Crippen molar-refractivity contribution in [1.82, 2.24) is 5.32 Å². The molecule has 0 aliphatic carbocycles. The van der Waals surface area contributed by atoms with Crippen LogP contribution in [0.25, 0.3) is 0 Å². The SMILES string of the molecule is CCCCCCC[N]c1ccccc1. The Balaban J connectivity index is 1.99. The van der Waals surface area contributed by atoms with Crippen molar-refractivity contribution in [3.05, 3.63) is 30.3 Å². The van der Waals surface area contributed by atoms with Crippen molar-refractivity contribution in [2.75, 3.05) is 6.54 Å². The lowest BCUT2D eigenvalue weighted by Gasteiger charge is -2.02. The Morgan fingerprint density at radius 1 is 0.929 bits per heavy atom. The number of hydrogen-bond donors (Lipinski definition) is 0. The Labute approximate surface area is 87.5 Å². The molecule has 1 aromatic rings. The summed E-state index contributed by atoms with van der Waals surface area (Å²) in [7, 11) is 0. The van der Waals surface area contributed by atoms with E-state index in [4.69, 9.17) is 0 Å². The third-order valence-electron chi connectivity index (χ3n) is 2.31. The van der Waals surface area contributed by atoms with Gasteiger partial charge in [0.05, 0.1) is 5.69 Å². The molecule has 0 amide bonds. The molecular weight excluding hydrogens is 170 g/mol. The molecule has 0 spiro atoms. The Bertz CT molecular complexity index is 218. The molecule has 1 radical (unpaired) electrons. The van der Waals surface area contributed by atoms with E-state index in [1.54, 1.807) is 0 Å². The number of hydrogen-bond acceptors (Lipinski definition) is 0. The van der Waals surface area contributed by atoms with Crippen molar-refractivity contribution in [3.63, 3.8) is 0 Å². The van der Waals surface area contributed by atoms with Crippen LogP contribution in [0.3, 0.4) is 0 Å². The second-order valence-electron chi connectivity index (χ2n) is 3.63. The van der Waals surface area contributed by atoms with Gasteiger partial charge in [0.2, 0.25) is 0 Å². The van der Waals surface area contributed by atoms with Gasteiger partial charge < -0.3 is 0 Å². The zero-order valence-corrected chi connectivity index (χ0v) is 9.08. The van der Waals surface area contributed by atoms with Gasteiger partial charge in [0.15, 0.2) is 0 Å². The maximum Gasteiger partial charge on any atom is 0.0574 e. The Morgan fingerprint density at radius 2 is 1.64 bits per heavy atom. The summed E-state index contributed by atoms with van der Waals surface area (Å²) in [6.07, 6.45) is 6.60. The molecule has 0 aliphatic rings. The molecule has 0 unspecified atom stereocenters. The van der Waals surface area contributed by atoms with Crippen LogP contribution in [0, 0.1) is 0 Å². The molecule has 77 valence electrons. The molecule has 1 rings (SSSR count). The van der Waals surface area contributed by atoms with E-state index < -0.39 is 0 Å². The van der Waals surface area contributed by atoms with Crippen molar-refractivity contribution in [3.8, 4) is 0 Å². The zero-order valence-electron chi connectivity index (χ0n) is 9.08. The molecule has 1 aromatic carbocycles. The number of benzene rings is 1. The first kappa shape index (κ1) is 11.1. The highest BCUT2D eigenvalue weighted by molar-refractivity contribution is 5.34. The fraction of sp³-hybridized carbons (Fsp3) is 0.538. The second-order valence-corrected chi connectivity index (χ2v) is 3.63. The maximum atomic E-state index is 4.50. The van der Waals surface area contributed by atoms with E-state index in [-0.39, 0.29) is 0 Å². The van der Waals surface area contributed by atoms with Gasteiger partial charge in [-0.05, 0) is 18.6 Å². The Hall–Kier alpha value is -0.980. The predicted molar refractivity (Wildman–Crippen MR) is 61.9 cm³/mol. The molecule has 0 aliphatic heterocycles. The fourth-order valence-electron chi connectivity index (χ4n) is 1.46. The van der Waals surface area contributed by atoms with Gasteiger partial charge in [-0.1, -0.05) is 50.8 Å². The average molecular weight is 190 g/mol. The molecular formula is C13H20N. The first-order valence-corrected chi connectivity index (χ1v) is 5.66. The van der Waals surface area contributed by atoms with Crippen LogP contribution in [0.2, 0.25) is 0 Å². The van der Waals surface area contributed by atoms with Crippen LogP contribution < -0.4 is 5.32 Å². The first-order valence-electron chi connectivity index (χ1n) is 5.66. The summed E-state index contributed by atoms with van der Waals surface area (Å²) in [5.41, 5.74) is 1.11. The minimum Gasteiger partial charge on any atom is -0.285 e. The highest BCUT2D eigenvalue weighted by Crippen LogP contribution is 2.07. The van der Waals surface area contributed by atoms with Gasteiger partial charge in [0.25, 0.3) is 0 Å². The molecule has 0 fully saturated rings. The topological polar surface area (TPSA) is 14.1 Å². The van der Waals surface area contributed by atoms with Gasteiger partial charge >= 0.3 is 0 Å². The third kappa shape index (κ3) is 4.90. The fourth-order valence-corrected chi connectivity index (χ4v) is 1.46. The Kier molecular flexibility index (Phi) is 5.89. The largest absolute Gasteiger partial charge is 0.285 e. The van der Waals surface area contributed by atoms with E-state index in [1.807, 2.05) is 18.2 Å². The van der Waals surface area contributed by atoms with Crippen LogP contribution in [-0.4, -0.2) is 6.54 Å². The summed E-state index contributed by atoms with van der Waals surface area (Å²) in [5, 5.41) is 4.50. The van der Waals surface area contributed by atoms with Gasteiger partial charge in [-0.25, -0.2) is 0 Å². The molecule has 0 N–H and O–H groups in total. The molecule has 1 heteroatoms. The van der Waals surface area contributed by atoms with Crippen LogP contribution in [0.1, 0.15) is 39.0 Å². The summed E-state index contributed by atoms with van der Waals surface area (Å²) in [6, 6.07) is 10.2. The minimum atomic E-state index is 0.980. The molecule has 0 saturated heterocycles. The average Bonchev–Trinajstić information content (AvgIpc) is 2.25. The lowest BCUT2D eigenvalue weighted by Crippen LogP contribution is -1.99. The number of para-hydroxylation sites is 1. The van der Waals surface area contributed by atoms with E-state index in [0.29, 0.717) is 0 Å². The monoisotopic (exact) mass is 190 g/mol. The van der Waals surface area contributed by atoms with Crippen molar-refractivity contribution >= 4 is 5.69 Å². The highest BCUT2D eigenvalue weighted by atomic mass is 14.9. The second kappa shape index (κ2) is 7.43. The standard InChI is InChI=1S/C13H20N/c1-2-3-4-5-9-12-14-13-10-7-6-8-11-13/h6-8,10-11H,2-5,9,12H2,1H3. The third-order valence-corrected chi connectivity index (χ3v) is 2.31. The summed E-state index contributed by atoms with van der Waals surface area (Å²) < 4.78 is 0. The summed E-state index contributed by atoms with van der Waals surface area (Å²) >= 11 is 0. The lowest BCUT2D eigenvalue weighted by molar-refractivity contribution is 0.617. The van der Waals surface area contributed by atoms with Crippen LogP contribution in [0.15, 0.2) is 30.3 Å². The van der Waals surface area contributed by atoms with Crippen molar-refractivity contribution in [2.45, 2.75) is 39.0 Å². The smallest absolute Gasteiger partial charge is 0.0574 e. The van der Waals surface area contributed by atoms with E-state index in [1.165, 1.54) is 32.1 Å². The van der Waals surface area contributed by atoms with E-state index in [2.05, 4.69) is 24.4 Å². The van der Waals surface area contributed by atoms with E-state index >= 15 is 0 Å². The van der Waals surface area contributed by atoms with Crippen LogP contribution >= 0.6 is 0 Å². The maximum absolute atomic E-state index is 4.50. The molecule has 14 heavy (non-hydrogen) atoms. The van der Waals surface area contributed by atoms with Crippen LogP contribution in [0.5, 0.6) is 0 Å². The summed E-state index contributed by atoms with van der Waals surface area (Å²) in [5.74, 6) is 0. The molecule has 0 saturated carbocycles. The van der Waals surface area contributed by atoms with Crippen LogP contribution in [-0.2, 0) is 0 Å². The Morgan fingerprint density at radius 3 is 2.36 bits per heavy atom. The van der Waals surface area contributed by atoms with Crippen molar-refractivity contribution in [1.29, 1.82) is 0 Å². The van der Waals surface area contributed by atoms with Crippen molar-refractivity contribution < 1.29 is 0 Å². The predicted octanol–water partition coefficient (Wildman–Crippen LogP) is 3.89. The zero-order chi connectivity index (χ0) is 10.1. The minimum absolute atomic E-state index is 0.980. The van der Waals surface area contributed by atoms with E-state index in [0.717, 1.165) is 12.2 Å². The molecule has 1 nitrogen and oxygen atoms in total. The van der Waals surface area contributed by atoms with Crippen LogP contribution in [0.4, 0.5) is 5.69 Å². The number of rotatable bonds is 7. The lowest BCUT2D eigenvalue weighted by atomic mass is 10.1. The molecule has 0 bridgehead atoms. The normalized spacial score (nSPS) is 10.1. The molecule has 0 aromatic heterocycles. The van der Waals surface area contributed by atoms with Crippen molar-refractivity contribution in [2.24, 2.45) is 0 Å². The number of unbranched alkanes of at least 4 members (excludes halogenated alkanes) is 4. The molecule has 0 atom stereocenters. The number of nitrogens with zero attached hydrogens (tertiary/aromatic N) is 1. The van der Waals surface area contributed by atoms with E-state index in [9.17, 15) is 0 Å². The quantitative estimate of drug-likeness (QED) is 0.579. The summed E-state index contributed by atoms with van der Waals surface area (Å²) in [4.78, 5) is 0. The first-order chi connectivity index (χ1) is 6.93. The highest BCUT2D eigenvalue weighted by Gasteiger charge is 1.92. The molecule has 0 heterocycles. The van der Waals surface area contributed by atoms with Gasteiger partial charge in [-0.2, -0.15) is 0 Å². The van der Waals surface area contributed by atoms with Gasteiger partial charge in [-0.15, -0.1) is 0 Å². The van der Waals surface area contributed by atoms with Gasteiger partial charge in [0.1, 0.15) is 0 Å². The summed E-state index contributed by atoms with van der Waals surface area (Å²) in [6.45, 7) is 3.22.